The molecule has 4 heteroatoms. The second-order valence-electron chi connectivity index (χ2n) is 6.90. The molecule has 0 aliphatic rings. The molecule has 136 valence electrons. The number of hydrogen-bond acceptors (Lipinski definition) is 4. The van der Waals surface area contributed by atoms with Gasteiger partial charge in [0.25, 0.3) is 0 Å². The first-order valence-electron chi connectivity index (χ1n) is 9.07. The van der Waals surface area contributed by atoms with Gasteiger partial charge in [0, 0.05) is 30.9 Å². The predicted molar refractivity (Wildman–Crippen MR) is 123 cm³/mol. The van der Waals surface area contributed by atoms with Crippen LogP contribution in [0.15, 0.2) is 59.3 Å². The normalized spacial score (nSPS) is 11.9. The maximum atomic E-state index is 5.57. The van der Waals surface area contributed by atoms with E-state index in [1.807, 2.05) is 22.7 Å². The average molecular weight is 401 g/mol. The lowest BCUT2D eigenvalue weighted by molar-refractivity contribution is 0.415. The smallest absolute Gasteiger partial charge is 0.119 e. The van der Waals surface area contributed by atoms with Crippen LogP contribution in [0.1, 0.15) is 0 Å². The third-order valence-electron chi connectivity index (χ3n) is 5.61. The van der Waals surface area contributed by atoms with E-state index in [1.165, 1.54) is 52.5 Å². The van der Waals surface area contributed by atoms with E-state index in [0.29, 0.717) is 0 Å². The summed E-state index contributed by atoms with van der Waals surface area (Å²) < 4.78 is 13.8. The van der Waals surface area contributed by atoms with Gasteiger partial charge < -0.3 is 9.47 Å². The van der Waals surface area contributed by atoms with Gasteiger partial charge in [-0.15, -0.1) is 22.7 Å². The molecule has 4 aromatic carbocycles. The van der Waals surface area contributed by atoms with Crippen LogP contribution in [0.3, 0.4) is 0 Å². The maximum Gasteiger partial charge on any atom is 0.119 e. The molecule has 0 unspecified atom stereocenters. The molecule has 0 fully saturated rings. The molecule has 2 heterocycles. The number of thiophene rings is 2. The van der Waals surface area contributed by atoms with Crippen molar-refractivity contribution in [3.8, 4) is 11.5 Å². The van der Waals surface area contributed by atoms with E-state index in [2.05, 4.69) is 59.3 Å². The van der Waals surface area contributed by atoms with E-state index in [9.17, 15) is 0 Å². The van der Waals surface area contributed by atoms with Crippen LogP contribution in [-0.4, -0.2) is 14.2 Å². The van der Waals surface area contributed by atoms with Crippen molar-refractivity contribution in [1.29, 1.82) is 0 Å². The van der Waals surface area contributed by atoms with Gasteiger partial charge in [-0.1, -0.05) is 12.1 Å². The lowest BCUT2D eigenvalue weighted by Crippen LogP contribution is -1.88. The summed E-state index contributed by atoms with van der Waals surface area (Å²) in [6.07, 6.45) is 0. The van der Waals surface area contributed by atoms with E-state index in [-0.39, 0.29) is 0 Å². The SMILES string of the molecule is COc1ccc2c3ccsc3c3c4cc(OC)ccc4c4ccsc4c3c2c1. The molecule has 6 aromatic rings. The summed E-state index contributed by atoms with van der Waals surface area (Å²) in [6.45, 7) is 0. The zero-order chi connectivity index (χ0) is 18.8. The molecule has 0 saturated heterocycles. The number of ether oxygens (including phenoxy) is 2. The van der Waals surface area contributed by atoms with Crippen molar-refractivity contribution in [2.45, 2.75) is 0 Å². The highest BCUT2D eigenvalue weighted by Gasteiger charge is 2.18. The van der Waals surface area contributed by atoms with Gasteiger partial charge in [-0.05, 0) is 68.7 Å². The fraction of sp³-hybridized carbons (Fsp3) is 0.0833. The highest BCUT2D eigenvalue weighted by molar-refractivity contribution is 7.20. The van der Waals surface area contributed by atoms with Crippen molar-refractivity contribution < 1.29 is 9.47 Å². The molecule has 0 amide bonds. The van der Waals surface area contributed by atoms with Gasteiger partial charge in [0.15, 0.2) is 0 Å². The Morgan fingerprint density at radius 1 is 0.536 bits per heavy atom. The van der Waals surface area contributed by atoms with Crippen molar-refractivity contribution >= 4 is 75.2 Å². The third-order valence-corrected chi connectivity index (χ3v) is 7.47. The predicted octanol–water partition coefficient (Wildman–Crippen LogP) is 7.59. The van der Waals surface area contributed by atoms with E-state index in [1.54, 1.807) is 14.2 Å². The van der Waals surface area contributed by atoms with Gasteiger partial charge in [-0.2, -0.15) is 0 Å². The van der Waals surface area contributed by atoms with Crippen LogP contribution in [0.4, 0.5) is 0 Å². The number of fused-ring (bicyclic) bond motifs is 11. The molecule has 0 saturated carbocycles. The van der Waals surface area contributed by atoms with E-state index >= 15 is 0 Å². The molecule has 0 radical (unpaired) electrons. The Bertz CT molecular complexity index is 1420. The van der Waals surface area contributed by atoms with Crippen molar-refractivity contribution in [2.75, 3.05) is 14.2 Å². The first-order valence-corrected chi connectivity index (χ1v) is 10.8. The summed E-state index contributed by atoms with van der Waals surface area (Å²) in [4.78, 5) is 0. The fourth-order valence-corrected chi connectivity index (χ4v) is 6.31. The molecule has 0 atom stereocenters. The Balaban J connectivity index is 2.03. The first kappa shape index (κ1) is 16.2. The minimum absolute atomic E-state index is 0.888. The minimum atomic E-state index is 0.888. The number of rotatable bonds is 2. The molecule has 0 N–H and O–H groups in total. The Labute approximate surface area is 169 Å². The quantitative estimate of drug-likeness (QED) is 0.279. The lowest BCUT2D eigenvalue weighted by Gasteiger charge is -2.14. The summed E-state index contributed by atoms with van der Waals surface area (Å²) in [5.41, 5.74) is 0. The van der Waals surface area contributed by atoms with Gasteiger partial charge in [0.2, 0.25) is 0 Å². The maximum absolute atomic E-state index is 5.57. The van der Waals surface area contributed by atoms with Crippen LogP contribution in [0.5, 0.6) is 11.5 Å². The second-order valence-corrected chi connectivity index (χ2v) is 8.73. The molecule has 2 nitrogen and oxygen atoms in total. The summed E-state index contributed by atoms with van der Waals surface area (Å²) in [5.74, 6) is 1.78. The number of hydrogen-bond donors (Lipinski definition) is 0. The standard InChI is InChI=1S/C24H16O2S2/c1-25-13-3-5-15-17-7-9-28-24(17)22-20-12-14(26-2)4-6-16(20)18-8-10-27-23(18)21(22)19(15)11-13/h3-12H,1-2H3. The molecular weight excluding hydrogens is 384 g/mol. The Morgan fingerprint density at radius 3 is 1.43 bits per heavy atom. The van der Waals surface area contributed by atoms with Crippen LogP contribution >= 0.6 is 22.7 Å². The largest absolute Gasteiger partial charge is 0.497 e. The Hall–Kier alpha value is -2.82. The van der Waals surface area contributed by atoms with Crippen molar-refractivity contribution in [1.82, 2.24) is 0 Å². The van der Waals surface area contributed by atoms with Crippen LogP contribution in [0.25, 0.3) is 52.5 Å². The van der Waals surface area contributed by atoms with Gasteiger partial charge >= 0.3 is 0 Å². The zero-order valence-electron chi connectivity index (χ0n) is 15.4. The highest BCUT2D eigenvalue weighted by atomic mass is 32.1. The van der Waals surface area contributed by atoms with Crippen molar-refractivity contribution in [2.24, 2.45) is 0 Å². The van der Waals surface area contributed by atoms with Gasteiger partial charge in [-0.25, -0.2) is 0 Å². The summed E-state index contributed by atoms with van der Waals surface area (Å²) in [7, 11) is 3.46. The van der Waals surface area contributed by atoms with E-state index < -0.39 is 0 Å². The summed E-state index contributed by atoms with van der Waals surface area (Å²) in [5, 5.41) is 14.7. The van der Waals surface area contributed by atoms with Crippen LogP contribution in [-0.2, 0) is 0 Å². The molecule has 28 heavy (non-hydrogen) atoms. The zero-order valence-corrected chi connectivity index (χ0v) is 17.0. The van der Waals surface area contributed by atoms with Crippen LogP contribution in [0, 0.1) is 0 Å². The fourth-order valence-electron chi connectivity index (χ4n) is 4.36. The molecule has 6 rings (SSSR count). The van der Waals surface area contributed by atoms with Crippen molar-refractivity contribution in [3.05, 3.63) is 59.3 Å². The molecular formula is C24H16O2S2. The number of methoxy groups -OCH3 is 2. The van der Waals surface area contributed by atoms with E-state index in [4.69, 9.17) is 9.47 Å². The first-order chi connectivity index (χ1) is 13.8. The minimum Gasteiger partial charge on any atom is -0.497 e. The van der Waals surface area contributed by atoms with Crippen LogP contribution in [0.2, 0.25) is 0 Å². The van der Waals surface area contributed by atoms with Gasteiger partial charge in [0.1, 0.15) is 11.5 Å². The average Bonchev–Trinajstić information content (AvgIpc) is 3.42. The third kappa shape index (κ3) is 2.02. The summed E-state index contributed by atoms with van der Waals surface area (Å²) >= 11 is 3.63. The van der Waals surface area contributed by atoms with Crippen LogP contribution < -0.4 is 9.47 Å². The highest BCUT2D eigenvalue weighted by Crippen LogP contribution is 2.47. The topological polar surface area (TPSA) is 18.5 Å². The Morgan fingerprint density at radius 2 is 1.00 bits per heavy atom. The molecule has 0 aliphatic carbocycles. The number of benzene rings is 4. The summed E-state index contributed by atoms with van der Waals surface area (Å²) in [6, 6.07) is 17.3. The molecule has 0 bridgehead atoms. The second kappa shape index (κ2) is 5.84. The monoisotopic (exact) mass is 400 g/mol. The molecule has 0 aliphatic heterocycles. The van der Waals surface area contributed by atoms with Gasteiger partial charge in [0.05, 0.1) is 14.2 Å². The molecule has 2 aromatic heterocycles. The van der Waals surface area contributed by atoms with E-state index in [0.717, 1.165) is 11.5 Å². The van der Waals surface area contributed by atoms with Crippen molar-refractivity contribution in [3.63, 3.8) is 0 Å². The Kier molecular flexibility index (Phi) is 3.37. The molecule has 0 spiro atoms. The van der Waals surface area contributed by atoms with Gasteiger partial charge in [-0.3, -0.25) is 0 Å². The lowest BCUT2D eigenvalue weighted by atomic mass is 9.93.